The Bertz CT molecular complexity index is 1780. The van der Waals surface area contributed by atoms with Gasteiger partial charge in [-0.05, 0) is 84.0 Å². The van der Waals surface area contributed by atoms with Crippen molar-refractivity contribution in [3.63, 3.8) is 0 Å². The van der Waals surface area contributed by atoms with E-state index in [1.54, 1.807) is 11.9 Å². The number of aldehydes is 1. The molecule has 0 N–H and O–H groups in total. The van der Waals surface area contributed by atoms with Crippen LogP contribution in [0.1, 0.15) is 33.6 Å². The van der Waals surface area contributed by atoms with Gasteiger partial charge in [0.1, 0.15) is 24.3 Å². The first-order chi connectivity index (χ1) is 20.4. The molecule has 1 aliphatic rings. The molecule has 212 valence electrons. The number of fused-ring (bicyclic) bond motifs is 3. The van der Waals surface area contributed by atoms with Crippen LogP contribution >= 0.6 is 23.5 Å². The molecule has 1 aromatic heterocycles. The molecule has 0 radical (unpaired) electrons. The fourth-order valence-corrected chi connectivity index (χ4v) is 6.66. The number of aromatic nitrogens is 1. The highest BCUT2D eigenvalue weighted by atomic mass is 35.5. The fraction of sp³-hybridized carbons (Fsp3) is 0.200. The number of hydrogen-bond donors (Lipinski definition) is 0. The predicted molar refractivity (Wildman–Crippen MR) is 172 cm³/mol. The van der Waals surface area contributed by atoms with Crippen molar-refractivity contribution in [3.05, 3.63) is 111 Å². The average Bonchev–Trinajstić information content (AvgIpc) is 3.48. The minimum absolute atomic E-state index is 0.271. The smallest absolute Gasteiger partial charge is 0.174 e. The SMILES string of the molecule is CSN1Cc2cc(OCc3cc(-c4ccc(Cl)cc4)no3)ccc2-c2c(C)c(-c3ccc(C)cc3)c(CC=O)c(C)c21. The molecule has 0 unspecified atom stereocenters. The summed E-state index contributed by atoms with van der Waals surface area (Å²) in [5.74, 6) is 1.42. The Morgan fingerprint density at radius 1 is 0.952 bits per heavy atom. The van der Waals surface area contributed by atoms with E-state index in [9.17, 15) is 4.79 Å². The Morgan fingerprint density at radius 3 is 2.40 bits per heavy atom. The summed E-state index contributed by atoms with van der Waals surface area (Å²) < 4.78 is 14.0. The molecule has 0 amide bonds. The first kappa shape index (κ1) is 28.1. The first-order valence-corrected chi connectivity index (χ1v) is 15.4. The standard InChI is InChI=1S/C35H31ClN2O3S/c1-21-5-7-25(8-6-21)33-23(3)34-31-14-13-28(17-26(31)19-38(42-4)35(34)22(2)30(33)15-16-39)40-20-29-18-32(37-41-29)24-9-11-27(36)12-10-24/h5-14,16-18H,15,19-20H2,1-4H3. The summed E-state index contributed by atoms with van der Waals surface area (Å²) in [5.41, 5.74) is 13.4. The maximum atomic E-state index is 11.8. The summed E-state index contributed by atoms with van der Waals surface area (Å²) in [6.07, 6.45) is 3.49. The number of benzene rings is 4. The fourth-order valence-electron chi connectivity index (χ4n) is 5.85. The Kier molecular flexibility index (Phi) is 7.84. The molecule has 42 heavy (non-hydrogen) atoms. The average molecular weight is 595 g/mol. The zero-order valence-electron chi connectivity index (χ0n) is 24.0. The third-order valence-electron chi connectivity index (χ3n) is 7.93. The van der Waals surface area contributed by atoms with Crippen LogP contribution in [-0.2, 0) is 24.4 Å². The number of ether oxygens (including phenoxy) is 1. The summed E-state index contributed by atoms with van der Waals surface area (Å²) in [5, 5.41) is 4.87. The maximum Gasteiger partial charge on any atom is 0.174 e. The molecule has 0 spiro atoms. The third-order valence-corrected chi connectivity index (χ3v) is 8.94. The second kappa shape index (κ2) is 11.7. The number of halogens is 1. The molecule has 5 aromatic rings. The molecule has 2 heterocycles. The van der Waals surface area contributed by atoms with Gasteiger partial charge in [-0.3, -0.25) is 0 Å². The Labute approximate surface area is 255 Å². The van der Waals surface area contributed by atoms with E-state index >= 15 is 0 Å². The summed E-state index contributed by atoms with van der Waals surface area (Å²) in [7, 11) is 0. The lowest BCUT2D eigenvalue weighted by Crippen LogP contribution is -2.22. The normalized spacial score (nSPS) is 12.2. The van der Waals surface area contributed by atoms with Gasteiger partial charge in [0, 0.05) is 34.9 Å². The molecule has 4 aromatic carbocycles. The van der Waals surface area contributed by atoms with E-state index in [-0.39, 0.29) is 6.61 Å². The van der Waals surface area contributed by atoms with Gasteiger partial charge in [-0.1, -0.05) is 76.7 Å². The van der Waals surface area contributed by atoms with E-state index in [4.69, 9.17) is 20.9 Å². The molecule has 6 rings (SSSR count). The van der Waals surface area contributed by atoms with E-state index in [2.05, 4.69) is 72.9 Å². The number of carbonyl (C=O) groups is 1. The number of nitrogens with zero attached hydrogens (tertiary/aromatic N) is 2. The van der Waals surface area contributed by atoms with Crippen molar-refractivity contribution in [1.82, 2.24) is 5.16 Å². The van der Waals surface area contributed by atoms with Crippen LogP contribution in [0.5, 0.6) is 5.75 Å². The van der Waals surface area contributed by atoms with Crippen molar-refractivity contribution in [2.45, 2.75) is 40.3 Å². The second-order valence-electron chi connectivity index (χ2n) is 10.6. The van der Waals surface area contributed by atoms with Gasteiger partial charge < -0.3 is 18.4 Å². The van der Waals surface area contributed by atoms with E-state index < -0.39 is 0 Å². The maximum absolute atomic E-state index is 11.8. The van der Waals surface area contributed by atoms with Crippen molar-refractivity contribution in [3.8, 4) is 39.3 Å². The van der Waals surface area contributed by atoms with Crippen molar-refractivity contribution in [1.29, 1.82) is 0 Å². The van der Waals surface area contributed by atoms with Gasteiger partial charge in [0.25, 0.3) is 0 Å². The molecule has 5 nitrogen and oxygen atoms in total. The number of aryl methyl sites for hydroxylation is 1. The molecule has 0 saturated heterocycles. The Hall–Kier alpha value is -4.00. The van der Waals surface area contributed by atoms with Crippen LogP contribution in [-0.4, -0.2) is 17.7 Å². The molecule has 0 aliphatic carbocycles. The monoisotopic (exact) mass is 594 g/mol. The van der Waals surface area contributed by atoms with Gasteiger partial charge in [0.15, 0.2) is 5.76 Å². The van der Waals surface area contributed by atoms with Gasteiger partial charge >= 0.3 is 0 Å². The predicted octanol–water partition coefficient (Wildman–Crippen LogP) is 9.17. The number of rotatable bonds is 8. The number of carbonyl (C=O) groups excluding carboxylic acids is 1. The van der Waals surface area contributed by atoms with Crippen LogP contribution in [0.3, 0.4) is 0 Å². The van der Waals surface area contributed by atoms with Crippen LogP contribution in [0.15, 0.2) is 77.3 Å². The van der Waals surface area contributed by atoms with Gasteiger partial charge in [0.2, 0.25) is 0 Å². The van der Waals surface area contributed by atoms with Crippen LogP contribution in [0, 0.1) is 20.8 Å². The lowest BCUT2D eigenvalue weighted by molar-refractivity contribution is -0.107. The van der Waals surface area contributed by atoms with Crippen LogP contribution < -0.4 is 9.04 Å². The Balaban J connectivity index is 1.36. The highest BCUT2D eigenvalue weighted by molar-refractivity contribution is 7.99. The van der Waals surface area contributed by atoms with E-state index in [1.165, 1.54) is 33.5 Å². The topological polar surface area (TPSA) is 55.6 Å². The highest BCUT2D eigenvalue weighted by Gasteiger charge is 2.30. The number of anilines is 1. The summed E-state index contributed by atoms with van der Waals surface area (Å²) >= 11 is 7.71. The van der Waals surface area contributed by atoms with Gasteiger partial charge in [-0.25, -0.2) is 0 Å². The molecule has 7 heteroatoms. The minimum atomic E-state index is 0.271. The quantitative estimate of drug-likeness (QED) is 0.132. The molecule has 0 atom stereocenters. The van der Waals surface area contributed by atoms with E-state index in [0.29, 0.717) is 17.2 Å². The lowest BCUT2D eigenvalue weighted by atomic mass is 9.81. The van der Waals surface area contributed by atoms with E-state index in [0.717, 1.165) is 52.1 Å². The van der Waals surface area contributed by atoms with Gasteiger partial charge in [-0.2, -0.15) is 0 Å². The third kappa shape index (κ3) is 5.21. The first-order valence-electron chi connectivity index (χ1n) is 13.8. The van der Waals surface area contributed by atoms with Crippen LogP contribution in [0.4, 0.5) is 5.69 Å². The van der Waals surface area contributed by atoms with Crippen LogP contribution in [0.2, 0.25) is 5.02 Å². The molecule has 0 saturated carbocycles. The van der Waals surface area contributed by atoms with Crippen molar-refractivity contribution in [2.24, 2.45) is 0 Å². The lowest BCUT2D eigenvalue weighted by Gasteiger charge is -2.36. The zero-order valence-corrected chi connectivity index (χ0v) is 25.6. The van der Waals surface area contributed by atoms with E-state index in [1.807, 2.05) is 36.4 Å². The minimum Gasteiger partial charge on any atom is -0.486 e. The molecule has 1 aliphatic heterocycles. The molecule has 0 fully saturated rings. The summed E-state index contributed by atoms with van der Waals surface area (Å²) in [6.45, 7) is 7.42. The van der Waals surface area contributed by atoms with Gasteiger partial charge in [-0.15, -0.1) is 0 Å². The summed E-state index contributed by atoms with van der Waals surface area (Å²) in [6, 6.07) is 24.3. The highest BCUT2D eigenvalue weighted by Crippen LogP contribution is 2.50. The van der Waals surface area contributed by atoms with Gasteiger partial charge in [0.05, 0.1) is 12.2 Å². The van der Waals surface area contributed by atoms with Crippen molar-refractivity contribution < 1.29 is 14.1 Å². The molecular weight excluding hydrogens is 564 g/mol. The zero-order chi connectivity index (χ0) is 29.4. The van der Waals surface area contributed by atoms with Crippen LogP contribution in [0.25, 0.3) is 33.5 Å². The number of hydrogen-bond acceptors (Lipinski definition) is 6. The van der Waals surface area contributed by atoms with Crippen molar-refractivity contribution in [2.75, 3.05) is 10.6 Å². The second-order valence-corrected chi connectivity index (χ2v) is 11.8. The Morgan fingerprint density at radius 2 is 1.69 bits per heavy atom. The summed E-state index contributed by atoms with van der Waals surface area (Å²) in [4.78, 5) is 11.8. The molecular formula is C35H31ClN2O3S. The molecule has 0 bridgehead atoms. The van der Waals surface area contributed by atoms with Crippen molar-refractivity contribution >= 4 is 35.5 Å². The largest absolute Gasteiger partial charge is 0.486 e.